The highest BCUT2D eigenvalue weighted by Crippen LogP contribution is 2.28. The Morgan fingerprint density at radius 3 is 3.00 bits per heavy atom. The van der Waals surface area contributed by atoms with Crippen LogP contribution in [0.15, 0.2) is 0 Å². The number of anilines is 1. The highest BCUT2D eigenvalue weighted by molar-refractivity contribution is 7.17. The van der Waals surface area contributed by atoms with E-state index in [0.29, 0.717) is 16.7 Å². The van der Waals surface area contributed by atoms with Crippen molar-refractivity contribution in [3.63, 3.8) is 0 Å². The van der Waals surface area contributed by atoms with Crippen LogP contribution >= 0.6 is 11.3 Å². The Bertz CT molecular complexity index is 311. The summed E-state index contributed by atoms with van der Waals surface area (Å²) in [5.74, 6) is -0.257. The summed E-state index contributed by atoms with van der Waals surface area (Å²) in [5.41, 5.74) is 5.69. The molecule has 0 aliphatic carbocycles. The molecule has 0 saturated carbocycles. The minimum Gasteiger partial charge on any atom is -0.485 e. The standard InChI is InChI=1S/C7H11N3O2S/c1-3-9-5(11)4-6(12-2)13-7(8)10-4/h3H2,1-2H3,(H2,8,10)(H,9,11). The van der Waals surface area contributed by atoms with Crippen LogP contribution in [0.1, 0.15) is 17.4 Å². The number of carbonyl (C=O) groups excluding carboxylic acids is 1. The van der Waals surface area contributed by atoms with E-state index in [1.165, 1.54) is 7.11 Å². The lowest BCUT2D eigenvalue weighted by Crippen LogP contribution is -2.23. The zero-order valence-electron chi connectivity index (χ0n) is 7.46. The minimum absolute atomic E-state index is 0.256. The molecule has 1 heterocycles. The third-order valence-electron chi connectivity index (χ3n) is 1.35. The monoisotopic (exact) mass is 201 g/mol. The lowest BCUT2D eigenvalue weighted by molar-refractivity contribution is 0.0949. The van der Waals surface area contributed by atoms with Crippen molar-refractivity contribution in [2.75, 3.05) is 19.4 Å². The Labute approximate surface area is 79.9 Å². The maximum Gasteiger partial charge on any atom is 0.274 e. The molecule has 0 aromatic carbocycles. The van der Waals surface area contributed by atoms with Gasteiger partial charge < -0.3 is 15.8 Å². The quantitative estimate of drug-likeness (QED) is 0.745. The summed E-state index contributed by atoms with van der Waals surface area (Å²) >= 11 is 1.15. The van der Waals surface area contributed by atoms with Gasteiger partial charge in [-0.15, -0.1) is 0 Å². The molecule has 0 aliphatic heterocycles. The molecule has 0 saturated heterocycles. The van der Waals surface area contributed by atoms with Gasteiger partial charge in [-0.05, 0) is 6.92 Å². The molecule has 0 unspecified atom stereocenters. The Hall–Kier alpha value is -1.30. The fourth-order valence-electron chi connectivity index (χ4n) is 0.848. The van der Waals surface area contributed by atoms with E-state index in [2.05, 4.69) is 10.3 Å². The number of carbonyl (C=O) groups is 1. The maximum atomic E-state index is 11.3. The van der Waals surface area contributed by atoms with Gasteiger partial charge in [0, 0.05) is 6.54 Å². The van der Waals surface area contributed by atoms with Gasteiger partial charge in [-0.3, -0.25) is 4.79 Å². The second-order valence-corrected chi connectivity index (χ2v) is 3.24. The van der Waals surface area contributed by atoms with Crippen molar-refractivity contribution in [2.24, 2.45) is 0 Å². The van der Waals surface area contributed by atoms with Gasteiger partial charge in [0.15, 0.2) is 10.8 Å². The molecule has 1 amide bonds. The van der Waals surface area contributed by atoms with Crippen molar-refractivity contribution in [3.05, 3.63) is 5.69 Å². The highest BCUT2D eigenvalue weighted by Gasteiger charge is 2.16. The molecule has 0 radical (unpaired) electrons. The molecular weight excluding hydrogens is 190 g/mol. The van der Waals surface area contributed by atoms with Crippen molar-refractivity contribution in [2.45, 2.75) is 6.92 Å². The first-order valence-electron chi connectivity index (χ1n) is 3.77. The molecule has 1 rings (SSSR count). The van der Waals surface area contributed by atoms with E-state index >= 15 is 0 Å². The first kappa shape index (κ1) is 9.79. The Morgan fingerprint density at radius 2 is 2.46 bits per heavy atom. The first-order chi connectivity index (χ1) is 6.19. The number of nitrogens with two attached hydrogens (primary N) is 1. The van der Waals surface area contributed by atoms with Crippen LogP contribution in [0.3, 0.4) is 0 Å². The van der Waals surface area contributed by atoms with Crippen molar-refractivity contribution in [1.82, 2.24) is 10.3 Å². The van der Waals surface area contributed by atoms with Gasteiger partial charge in [0.2, 0.25) is 5.06 Å². The van der Waals surface area contributed by atoms with Gasteiger partial charge in [0.1, 0.15) is 0 Å². The summed E-state index contributed by atoms with van der Waals surface area (Å²) in [7, 11) is 1.48. The average Bonchev–Trinajstić information content (AvgIpc) is 2.47. The van der Waals surface area contributed by atoms with E-state index in [4.69, 9.17) is 10.5 Å². The molecule has 5 nitrogen and oxygen atoms in total. The molecule has 0 spiro atoms. The first-order valence-corrected chi connectivity index (χ1v) is 4.59. The summed E-state index contributed by atoms with van der Waals surface area (Å²) in [4.78, 5) is 15.2. The SMILES string of the molecule is CCNC(=O)c1nc(N)sc1OC. The second kappa shape index (κ2) is 4.08. The number of aromatic nitrogens is 1. The molecule has 1 aromatic rings. The van der Waals surface area contributed by atoms with Gasteiger partial charge >= 0.3 is 0 Å². The second-order valence-electron chi connectivity index (χ2n) is 2.25. The van der Waals surface area contributed by atoms with Gasteiger partial charge in [-0.1, -0.05) is 11.3 Å². The third-order valence-corrected chi connectivity index (χ3v) is 2.20. The van der Waals surface area contributed by atoms with Crippen molar-refractivity contribution in [1.29, 1.82) is 0 Å². The number of rotatable bonds is 3. The molecule has 13 heavy (non-hydrogen) atoms. The fourth-order valence-corrected chi connectivity index (χ4v) is 1.49. The largest absolute Gasteiger partial charge is 0.485 e. The topological polar surface area (TPSA) is 77.2 Å². The third kappa shape index (κ3) is 2.09. The van der Waals surface area contributed by atoms with E-state index in [9.17, 15) is 4.79 Å². The summed E-state index contributed by atoms with van der Waals surface area (Å²) in [5, 5.41) is 3.40. The summed E-state index contributed by atoms with van der Waals surface area (Å²) in [6, 6.07) is 0. The van der Waals surface area contributed by atoms with Crippen LogP contribution in [0.5, 0.6) is 5.06 Å². The van der Waals surface area contributed by atoms with Crippen LogP contribution < -0.4 is 15.8 Å². The number of amides is 1. The molecule has 6 heteroatoms. The molecule has 0 bridgehead atoms. The van der Waals surface area contributed by atoms with Crippen LogP contribution in [0.4, 0.5) is 5.13 Å². The van der Waals surface area contributed by atoms with Crippen LogP contribution in [-0.4, -0.2) is 24.5 Å². The molecule has 0 atom stereocenters. The van der Waals surface area contributed by atoms with E-state index in [0.717, 1.165) is 11.3 Å². The zero-order chi connectivity index (χ0) is 9.84. The van der Waals surface area contributed by atoms with Crippen molar-refractivity contribution >= 4 is 22.4 Å². The number of hydrogen-bond acceptors (Lipinski definition) is 5. The van der Waals surface area contributed by atoms with E-state index in [1.54, 1.807) is 0 Å². The van der Waals surface area contributed by atoms with Crippen LogP contribution in [0.25, 0.3) is 0 Å². The minimum atomic E-state index is -0.257. The van der Waals surface area contributed by atoms with Crippen LogP contribution in [-0.2, 0) is 0 Å². The maximum absolute atomic E-state index is 11.3. The Kier molecular flexibility index (Phi) is 3.07. The van der Waals surface area contributed by atoms with Gasteiger partial charge in [-0.2, -0.15) is 0 Å². The lowest BCUT2D eigenvalue weighted by atomic mass is 10.4. The predicted molar refractivity (Wildman–Crippen MR) is 51.1 cm³/mol. The number of ether oxygens (including phenoxy) is 1. The highest BCUT2D eigenvalue weighted by atomic mass is 32.1. The van der Waals surface area contributed by atoms with E-state index < -0.39 is 0 Å². The molecule has 72 valence electrons. The molecule has 1 aromatic heterocycles. The Morgan fingerprint density at radius 1 is 1.77 bits per heavy atom. The average molecular weight is 201 g/mol. The van der Waals surface area contributed by atoms with E-state index in [-0.39, 0.29) is 11.6 Å². The zero-order valence-corrected chi connectivity index (χ0v) is 8.27. The van der Waals surface area contributed by atoms with Gasteiger partial charge in [0.05, 0.1) is 7.11 Å². The molecule has 0 aliphatic rings. The summed E-state index contributed by atoms with van der Waals surface area (Å²) in [6.45, 7) is 2.39. The Balaban J connectivity index is 2.91. The molecule has 0 fully saturated rings. The smallest absolute Gasteiger partial charge is 0.274 e. The number of thiazole rings is 1. The van der Waals surface area contributed by atoms with Gasteiger partial charge in [-0.25, -0.2) is 4.98 Å². The number of methoxy groups -OCH3 is 1. The van der Waals surface area contributed by atoms with E-state index in [1.807, 2.05) is 6.92 Å². The molecule has 3 N–H and O–H groups in total. The number of nitrogens with zero attached hydrogens (tertiary/aromatic N) is 1. The normalized spacial score (nSPS) is 9.69. The van der Waals surface area contributed by atoms with Crippen LogP contribution in [0, 0.1) is 0 Å². The lowest BCUT2D eigenvalue weighted by Gasteiger charge is -1.99. The van der Waals surface area contributed by atoms with Crippen molar-refractivity contribution in [3.8, 4) is 5.06 Å². The number of nitrogens with one attached hydrogen (secondary N) is 1. The fraction of sp³-hybridized carbons (Fsp3) is 0.429. The van der Waals surface area contributed by atoms with Crippen LogP contribution in [0.2, 0.25) is 0 Å². The molecular formula is C7H11N3O2S. The van der Waals surface area contributed by atoms with Crippen molar-refractivity contribution < 1.29 is 9.53 Å². The van der Waals surface area contributed by atoms with Gasteiger partial charge in [0.25, 0.3) is 5.91 Å². The summed E-state index contributed by atoms with van der Waals surface area (Å²) in [6.07, 6.45) is 0. The predicted octanol–water partition coefficient (Wildman–Crippen LogP) is 0.484. The number of hydrogen-bond donors (Lipinski definition) is 2. The number of nitrogen functional groups attached to an aromatic ring is 1. The summed E-state index contributed by atoms with van der Waals surface area (Å²) < 4.78 is 4.95.